The fraction of sp³-hybridized carbons (Fsp3) is 0.222. The van der Waals surface area contributed by atoms with E-state index in [0.29, 0.717) is 0 Å². The van der Waals surface area contributed by atoms with Gasteiger partial charge in [0, 0.05) is 18.5 Å². The number of aryl methyl sites for hydroxylation is 1. The molecule has 0 aliphatic heterocycles. The molecule has 26 heavy (non-hydrogen) atoms. The van der Waals surface area contributed by atoms with Gasteiger partial charge in [-0.25, -0.2) is 0 Å². The lowest BCUT2D eigenvalue weighted by Crippen LogP contribution is -2.07. The quantitative estimate of drug-likeness (QED) is 0.565. The summed E-state index contributed by atoms with van der Waals surface area (Å²) in [5.41, 5.74) is 2.20. The van der Waals surface area contributed by atoms with Crippen molar-refractivity contribution in [2.75, 3.05) is 5.32 Å². The monoisotopic (exact) mass is 365 g/mol. The molecule has 7 nitrogen and oxygen atoms in total. The molecular formula is C18H19N7S. The van der Waals surface area contributed by atoms with Crippen molar-refractivity contribution in [2.24, 2.45) is 0 Å². The minimum absolute atomic E-state index is 0.0485. The number of rotatable bonds is 6. The molecule has 4 aromatic rings. The summed E-state index contributed by atoms with van der Waals surface area (Å²) in [6.45, 7) is 4.77. The Morgan fingerprint density at radius 2 is 1.88 bits per heavy atom. The van der Waals surface area contributed by atoms with Gasteiger partial charge < -0.3 is 5.32 Å². The zero-order valence-corrected chi connectivity index (χ0v) is 15.4. The molecule has 0 fully saturated rings. The first-order valence-corrected chi connectivity index (χ1v) is 9.18. The van der Waals surface area contributed by atoms with E-state index in [9.17, 15) is 0 Å². The Morgan fingerprint density at radius 1 is 1.04 bits per heavy atom. The van der Waals surface area contributed by atoms with Crippen LogP contribution < -0.4 is 5.32 Å². The molecule has 3 aromatic heterocycles. The molecule has 1 aromatic carbocycles. The van der Waals surface area contributed by atoms with Gasteiger partial charge in [-0.1, -0.05) is 41.7 Å². The third kappa shape index (κ3) is 3.65. The molecule has 0 bridgehead atoms. The molecule has 3 heterocycles. The van der Waals surface area contributed by atoms with Crippen LogP contribution in [0.3, 0.4) is 0 Å². The maximum absolute atomic E-state index is 4.54. The van der Waals surface area contributed by atoms with Gasteiger partial charge in [-0.05, 0) is 25.5 Å². The van der Waals surface area contributed by atoms with E-state index in [0.717, 1.165) is 28.2 Å². The molecular weight excluding hydrogens is 346 g/mol. The lowest BCUT2D eigenvalue weighted by molar-refractivity contribution is 0.554. The Hall–Kier alpha value is -3.00. The van der Waals surface area contributed by atoms with Crippen LogP contribution in [0.5, 0.6) is 0 Å². The molecule has 0 aliphatic carbocycles. The van der Waals surface area contributed by atoms with Gasteiger partial charge in [0.25, 0.3) is 0 Å². The highest BCUT2D eigenvalue weighted by molar-refractivity contribution is 7.15. The summed E-state index contributed by atoms with van der Waals surface area (Å²) in [6, 6.07) is 14.2. The minimum Gasteiger partial charge on any atom is -0.313 e. The molecule has 132 valence electrons. The van der Waals surface area contributed by atoms with E-state index in [-0.39, 0.29) is 6.04 Å². The maximum atomic E-state index is 4.54. The van der Waals surface area contributed by atoms with Crippen LogP contribution in [0.4, 0.5) is 10.9 Å². The largest absolute Gasteiger partial charge is 0.313 e. The van der Waals surface area contributed by atoms with Gasteiger partial charge in [0.1, 0.15) is 11.0 Å². The van der Waals surface area contributed by atoms with E-state index < -0.39 is 0 Å². The van der Waals surface area contributed by atoms with Crippen LogP contribution >= 0.6 is 11.3 Å². The summed E-state index contributed by atoms with van der Waals surface area (Å²) in [7, 11) is 0. The Morgan fingerprint density at radius 3 is 2.65 bits per heavy atom. The van der Waals surface area contributed by atoms with E-state index in [2.05, 4.69) is 44.8 Å². The fourth-order valence-electron chi connectivity index (χ4n) is 2.61. The smallest absolute Gasteiger partial charge is 0.211 e. The Kier molecular flexibility index (Phi) is 4.49. The summed E-state index contributed by atoms with van der Waals surface area (Å²) in [6.07, 6.45) is 3.91. The Labute approximate surface area is 155 Å². The topological polar surface area (TPSA) is 73.5 Å². The van der Waals surface area contributed by atoms with Crippen LogP contribution in [0, 0.1) is 6.92 Å². The third-order valence-electron chi connectivity index (χ3n) is 4.00. The van der Waals surface area contributed by atoms with Crippen molar-refractivity contribution in [1.29, 1.82) is 0 Å². The second-order valence-corrected chi connectivity index (χ2v) is 7.08. The Bertz CT molecular complexity index is 986. The van der Waals surface area contributed by atoms with Crippen LogP contribution in [-0.4, -0.2) is 29.8 Å². The van der Waals surface area contributed by atoms with Gasteiger partial charge in [0.2, 0.25) is 5.13 Å². The molecule has 1 N–H and O–H groups in total. The van der Waals surface area contributed by atoms with E-state index in [1.165, 1.54) is 16.9 Å². The van der Waals surface area contributed by atoms with Crippen molar-refractivity contribution in [3.63, 3.8) is 0 Å². The first-order valence-electron chi connectivity index (χ1n) is 8.37. The molecule has 0 spiro atoms. The third-order valence-corrected chi connectivity index (χ3v) is 5.01. The first kappa shape index (κ1) is 16.5. The molecule has 0 radical (unpaired) electrons. The van der Waals surface area contributed by atoms with Gasteiger partial charge in [0.05, 0.1) is 12.2 Å². The standard InChI is InChI=1S/C18H19N7S/c1-13-8-11-25(22-13)14(2)17-20-21-18(26-17)19-16-9-10-24(23-16)12-15-6-4-3-5-7-15/h3-11,14H,12H2,1-2H3,(H,19,21,23)/t14-/m1/s1. The van der Waals surface area contributed by atoms with Gasteiger partial charge in [-0.3, -0.25) is 9.36 Å². The number of benzene rings is 1. The maximum Gasteiger partial charge on any atom is 0.211 e. The van der Waals surface area contributed by atoms with E-state index in [1.807, 2.05) is 59.0 Å². The van der Waals surface area contributed by atoms with Gasteiger partial charge in [0.15, 0.2) is 5.82 Å². The number of aromatic nitrogens is 6. The summed E-state index contributed by atoms with van der Waals surface area (Å²) in [5, 5.41) is 22.3. The minimum atomic E-state index is 0.0485. The van der Waals surface area contributed by atoms with Gasteiger partial charge >= 0.3 is 0 Å². The number of anilines is 2. The molecule has 0 amide bonds. The van der Waals surface area contributed by atoms with Crippen molar-refractivity contribution in [3.8, 4) is 0 Å². The van der Waals surface area contributed by atoms with Crippen molar-refractivity contribution in [3.05, 3.63) is 71.1 Å². The number of hydrogen-bond acceptors (Lipinski definition) is 6. The number of nitrogens with zero attached hydrogens (tertiary/aromatic N) is 6. The highest BCUT2D eigenvalue weighted by atomic mass is 32.1. The Balaban J connectivity index is 1.43. The van der Waals surface area contributed by atoms with Crippen molar-refractivity contribution >= 4 is 22.3 Å². The summed E-state index contributed by atoms with van der Waals surface area (Å²) in [5.74, 6) is 0.756. The molecule has 0 saturated carbocycles. The molecule has 1 atom stereocenters. The van der Waals surface area contributed by atoms with Crippen LogP contribution in [0.1, 0.15) is 29.2 Å². The predicted molar refractivity (Wildman–Crippen MR) is 102 cm³/mol. The lowest BCUT2D eigenvalue weighted by atomic mass is 10.2. The molecule has 4 rings (SSSR count). The normalized spacial score (nSPS) is 12.2. The summed E-state index contributed by atoms with van der Waals surface area (Å²) < 4.78 is 3.79. The zero-order valence-electron chi connectivity index (χ0n) is 14.6. The van der Waals surface area contributed by atoms with Crippen LogP contribution in [0.2, 0.25) is 0 Å². The number of hydrogen-bond donors (Lipinski definition) is 1. The average molecular weight is 365 g/mol. The second kappa shape index (κ2) is 7.09. The van der Waals surface area contributed by atoms with Crippen molar-refractivity contribution in [1.82, 2.24) is 29.8 Å². The molecule has 0 aliphatic rings. The first-order chi connectivity index (χ1) is 12.7. The van der Waals surface area contributed by atoms with Crippen LogP contribution in [-0.2, 0) is 6.54 Å². The predicted octanol–water partition coefficient (Wildman–Crippen LogP) is 3.64. The molecule has 8 heteroatoms. The zero-order chi connectivity index (χ0) is 17.9. The van der Waals surface area contributed by atoms with Gasteiger partial charge in [-0.15, -0.1) is 10.2 Å². The van der Waals surface area contributed by atoms with Crippen molar-refractivity contribution in [2.45, 2.75) is 26.4 Å². The number of nitrogens with one attached hydrogen (secondary N) is 1. The molecule has 0 saturated heterocycles. The summed E-state index contributed by atoms with van der Waals surface area (Å²) >= 11 is 1.51. The lowest BCUT2D eigenvalue weighted by Gasteiger charge is -2.07. The van der Waals surface area contributed by atoms with E-state index >= 15 is 0 Å². The van der Waals surface area contributed by atoms with Crippen LogP contribution in [0.25, 0.3) is 0 Å². The SMILES string of the molecule is Cc1ccn([C@H](C)c2nnc(Nc3ccn(Cc4ccccc4)n3)s2)n1. The molecule has 0 unspecified atom stereocenters. The van der Waals surface area contributed by atoms with E-state index in [1.54, 1.807) is 0 Å². The summed E-state index contributed by atoms with van der Waals surface area (Å²) in [4.78, 5) is 0. The second-order valence-electron chi connectivity index (χ2n) is 6.07. The highest BCUT2D eigenvalue weighted by Crippen LogP contribution is 2.26. The van der Waals surface area contributed by atoms with Gasteiger partial charge in [-0.2, -0.15) is 10.2 Å². The van der Waals surface area contributed by atoms with E-state index in [4.69, 9.17) is 0 Å². The van der Waals surface area contributed by atoms with Crippen LogP contribution in [0.15, 0.2) is 54.9 Å². The van der Waals surface area contributed by atoms with Crippen molar-refractivity contribution < 1.29 is 0 Å². The highest BCUT2D eigenvalue weighted by Gasteiger charge is 2.15. The fourth-order valence-corrected chi connectivity index (χ4v) is 3.41. The average Bonchev–Trinajstić information content (AvgIpc) is 3.38.